The fraction of sp³-hybridized carbons (Fsp3) is 0.643. The Bertz CT molecular complexity index is 1430. The highest BCUT2D eigenvalue weighted by molar-refractivity contribution is 7.90. The number of hydrogen-bond acceptors (Lipinski definition) is 9. The van der Waals surface area contributed by atoms with E-state index in [1.54, 1.807) is 11.1 Å². The van der Waals surface area contributed by atoms with E-state index in [1.165, 1.54) is 6.26 Å². The molecule has 208 valence electrons. The summed E-state index contributed by atoms with van der Waals surface area (Å²) in [6, 6.07) is 0.262. The number of amides is 1. The minimum atomic E-state index is -3.04. The van der Waals surface area contributed by atoms with Gasteiger partial charge in [0.1, 0.15) is 9.84 Å². The molecule has 4 bridgehead atoms. The zero-order valence-electron chi connectivity index (χ0n) is 22.2. The second-order valence-electron chi connectivity index (χ2n) is 12.6. The molecule has 0 radical (unpaired) electrons. The maximum absolute atomic E-state index is 13.2. The number of carbonyl (C=O) groups excluding carboxylic acids is 1. The standard InChI is InChI=1S/C28H35N5O5S/c1-39(36,37)15-16-5-7-33(8-6-16)27(34)25-31-26(38-32-25)21-14-29-22-4-2-3-20(22)24(21)30-23-18-9-17-10-19(23)13-28(35,11-17)12-18/h2-3,14,16-19,23,35H,4-13,15H2,1H3,(H,29,30)/t17?,18-,19+,23?,28?. The second-order valence-corrected chi connectivity index (χ2v) is 14.8. The van der Waals surface area contributed by atoms with Crippen LogP contribution in [-0.2, 0) is 16.3 Å². The molecule has 1 saturated heterocycles. The molecule has 0 spiro atoms. The highest BCUT2D eigenvalue weighted by Gasteiger charge is 2.55. The highest BCUT2D eigenvalue weighted by atomic mass is 32.2. The topological polar surface area (TPSA) is 139 Å². The van der Waals surface area contributed by atoms with Gasteiger partial charge in [-0.1, -0.05) is 17.3 Å². The Hall–Kier alpha value is -2.79. The number of nitrogens with zero attached hydrogens (tertiary/aromatic N) is 4. The van der Waals surface area contributed by atoms with Crippen LogP contribution in [0.4, 0.5) is 5.69 Å². The lowest BCUT2D eigenvalue weighted by Crippen LogP contribution is -2.59. The van der Waals surface area contributed by atoms with Crippen LogP contribution in [-0.4, -0.2) is 76.2 Å². The first-order chi connectivity index (χ1) is 18.6. The number of nitrogens with one attached hydrogen (secondary N) is 1. The van der Waals surface area contributed by atoms with Gasteiger partial charge < -0.3 is 19.8 Å². The van der Waals surface area contributed by atoms with E-state index in [-0.39, 0.29) is 35.3 Å². The minimum Gasteiger partial charge on any atom is -0.390 e. The predicted octanol–water partition coefficient (Wildman–Crippen LogP) is 2.95. The van der Waals surface area contributed by atoms with Gasteiger partial charge in [0.15, 0.2) is 0 Å². The number of aliphatic hydroxyl groups is 1. The summed E-state index contributed by atoms with van der Waals surface area (Å²) in [5.74, 6) is 1.64. The molecule has 2 aromatic rings. The van der Waals surface area contributed by atoms with Crippen molar-refractivity contribution < 1.29 is 22.8 Å². The lowest BCUT2D eigenvalue weighted by Gasteiger charge is -2.58. The number of piperidine rings is 1. The van der Waals surface area contributed by atoms with Gasteiger partial charge in [-0.05, 0) is 68.6 Å². The van der Waals surface area contributed by atoms with Crippen LogP contribution in [0.25, 0.3) is 17.5 Å². The Morgan fingerprint density at radius 3 is 2.64 bits per heavy atom. The van der Waals surface area contributed by atoms with Gasteiger partial charge in [0.2, 0.25) is 0 Å². The summed E-state index contributed by atoms with van der Waals surface area (Å²) in [4.78, 5) is 24.0. The summed E-state index contributed by atoms with van der Waals surface area (Å²) in [6.07, 6.45) is 14.2. The van der Waals surface area contributed by atoms with E-state index >= 15 is 0 Å². The Balaban J connectivity index is 1.12. The van der Waals surface area contributed by atoms with E-state index in [4.69, 9.17) is 4.52 Å². The molecule has 2 N–H and O–H groups in total. The van der Waals surface area contributed by atoms with Crippen LogP contribution in [0.3, 0.4) is 0 Å². The third-order valence-electron chi connectivity index (χ3n) is 9.63. The summed E-state index contributed by atoms with van der Waals surface area (Å²) in [5.41, 5.74) is 3.13. The van der Waals surface area contributed by atoms with Crippen LogP contribution >= 0.6 is 0 Å². The summed E-state index contributed by atoms with van der Waals surface area (Å²) < 4.78 is 28.9. The lowest BCUT2D eigenvalue weighted by atomic mass is 9.52. The van der Waals surface area contributed by atoms with Gasteiger partial charge in [0.05, 0.1) is 28.3 Å². The molecule has 5 fully saturated rings. The number of anilines is 1. The summed E-state index contributed by atoms with van der Waals surface area (Å²) in [5, 5.41) is 18.9. The molecule has 6 aliphatic rings. The number of aromatic nitrogens is 3. The zero-order chi connectivity index (χ0) is 26.9. The van der Waals surface area contributed by atoms with Crippen molar-refractivity contribution in [2.75, 3.05) is 30.4 Å². The molecule has 5 aliphatic carbocycles. The summed E-state index contributed by atoms with van der Waals surface area (Å²) >= 11 is 0. The van der Waals surface area contributed by atoms with Gasteiger partial charge in [-0.15, -0.1) is 0 Å². The van der Waals surface area contributed by atoms with E-state index < -0.39 is 15.4 Å². The normalized spacial score (nSPS) is 31.6. The van der Waals surface area contributed by atoms with Crippen molar-refractivity contribution in [3.8, 4) is 11.5 Å². The molecule has 10 nitrogen and oxygen atoms in total. The van der Waals surface area contributed by atoms with Gasteiger partial charge in [-0.25, -0.2) is 8.42 Å². The smallest absolute Gasteiger partial charge is 0.295 e. The summed E-state index contributed by atoms with van der Waals surface area (Å²) in [7, 11) is -3.04. The van der Waals surface area contributed by atoms with Gasteiger partial charge in [-0.3, -0.25) is 9.78 Å². The van der Waals surface area contributed by atoms with Gasteiger partial charge >= 0.3 is 0 Å². The molecule has 2 aromatic heterocycles. The number of hydrogen-bond donors (Lipinski definition) is 2. The molecule has 11 heteroatoms. The maximum Gasteiger partial charge on any atom is 0.295 e. The average Bonchev–Trinajstić information content (AvgIpc) is 3.54. The monoisotopic (exact) mass is 553 g/mol. The number of likely N-dealkylation sites (tertiary alicyclic amines) is 1. The SMILES string of the molecule is CS(=O)(=O)CC1CCN(C(=O)c2noc(-c3cnc4c(c3NC3[C@@H]5CC6C[C@H]3CC(O)(C6)C5)C=CC4)n2)CC1. The average molecular weight is 554 g/mol. The third kappa shape index (κ3) is 4.67. The minimum absolute atomic E-state index is 0.00500. The molecular weight excluding hydrogens is 518 g/mol. The fourth-order valence-electron chi connectivity index (χ4n) is 8.19. The van der Waals surface area contributed by atoms with Crippen molar-refractivity contribution in [2.45, 2.75) is 63.0 Å². The van der Waals surface area contributed by atoms with E-state index in [0.717, 1.165) is 55.5 Å². The molecule has 1 aliphatic heterocycles. The van der Waals surface area contributed by atoms with Crippen LogP contribution in [0.15, 0.2) is 16.8 Å². The second kappa shape index (κ2) is 9.12. The van der Waals surface area contributed by atoms with Crippen LogP contribution < -0.4 is 5.32 Å². The molecule has 0 aromatic carbocycles. The number of fused-ring (bicyclic) bond motifs is 1. The third-order valence-corrected chi connectivity index (χ3v) is 10.7. The lowest BCUT2D eigenvalue weighted by molar-refractivity contribution is -0.129. The first-order valence-electron chi connectivity index (χ1n) is 14.1. The summed E-state index contributed by atoms with van der Waals surface area (Å²) in [6.45, 7) is 0.942. The first-order valence-corrected chi connectivity index (χ1v) is 16.2. The zero-order valence-corrected chi connectivity index (χ0v) is 23.0. The van der Waals surface area contributed by atoms with E-state index in [1.807, 2.05) is 0 Å². The van der Waals surface area contributed by atoms with Crippen molar-refractivity contribution in [1.29, 1.82) is 0 Å². The van der Waals surface area contributed by atoms with Crippen LogP contribution in [0.1, 0.15) is 66.8 Å². The van der Waals surface area contributed by atoms with Gasteiger partial charge in [0, 0.05) is 43.6 Å². The van der Waals surface area contributed by atoms with E-state index in [9.17, 15) is 18.3 Å². The predicted molar refractivity (Wildman–Crippen MR) is 145 cm³/mol. The quantitative estimate of drug-likeness (QED) is 0.553. The Labute approximate surface area is 228 Å². The largest absolute Gasteiger partial charge is 0.390 e. The Morgan fingerprint density at radius 2 is 1.95 bits per heavy atom. The molecular formula is C28H35N5O5S. The van der Waals surface area contributed by atoms with Crippen molar-refractivity contribution >= 4 is 27.5 Å². The molecule has 8 rings (SSSR count). The van der Waals surface area contributed by atoms with Crippen LogP contribution in [0, 0.1) is 23.7 Å². The number of pyridine rings is 1. The maximum atomic E-state index is 13.2. The van der Waals surface area contributed by atoms with Crippen molar-refractivity contribution in [2.24, 2.45) is 23.7 Å². The number of rotatable bonds is 6. The first kappa shape index (κ1) is 25.2. The van der Waals surface area contributed by atoms with E-state index in [2.05, 4.69) is 32.6 Å². The molecule has 4 saturated carbocycles. The van der Waals surface area contributed by atoms with Crippen molar-refractivity contribution in [3.63, 3.8) is 0 Å². The molecule has 1 amide bonds. The van der Waals surface area contributed by atoms with E-state index in [0.29, 0.717) is 49.2 Å². The highest BCUT2D eigenvalue weighted by Crippen LogP contribution is 2.56. The molecule has 3 unspecified atom stereocenters. The molecule has 39 heavy (non-hydrogen) atoms. The van der Waals surface area contributed by atoms with Gasteiger partial charge in [0.25, 0.3) is 17.6 Å². The Kier molecular flexibility index (Phi) is 5.89. The van der Waals surface area contributed by atoms with Crippen LogP contribution in [0.2, 0.25) is 0 Å². The number of carbonyl (C=O) groups is 1. The fourth-order valence-corrected chi connectivity index (χ4v) is 9.38. The van der Waals surface area contributed by atoms with Crippen molar-refractivity contribution in [1.82, 2.24) is 20.0 Å². The molecule has 5 atom stereocenters. The van der Waals surface area contributed by atoms with Crippen LogP contribution in [0.5, 0.6) is 0 Å². The van der Waals surface area contributed by atoms with Crippen molar-refractivity contribution in [3.05, 3.63) is 29.4 Å². The van der Waals surface area contributed by atoms with Gasteiger partial charge in [-0.2, -0.15) is 4.98 Å². The molecule has 3 heterocycles. The number of sulfone groups is 1. The number of allylic oxidation sites excluding steroid dienone is 1. The Morgan fingerprint density at radius 1 is 1.21 bits per heavy atom.